The number of ether oxygens (including phenoxy) is 1. The highest BCUT2D eigenvalue weighted by molar-refractivity contribution is 5.89. The second kappa shape index (κ2) is 8.71. The Kier molecular flexibility index (Phi) is 6.12. The van der Waals surface area contributed by atoms with Crippen LogP contribution in [-0.2, 0) is 22.6 Å². The summed E-state index contributed by atoms with van der Waals surface area (Å²) in [6.45, 7) is 3.64. The topological polar surface area (TPSA) is 58.6 Å². The number of methoxy groups -OCH3 is 1. The molecule has 2 aromatic carbocycles. The smallest absolute Gasteiger partial charge is 0.225 e. The van der Waals surface area contributed by atoms with Gasteiger partial charge in [-0.3, -0.25) is 9.59 Å². The predicted molar refractivity (Wildman–Crippen MR) is 104 cm³/mol. The van der Waals surface area contributed by atoms with Crippen molar-refractivity contribution < 1.29 is 14.3 Å². The van der Waals surface area contributed by atoms with Gasteiger partial charge in [0.2, 0.25) is 11.8 Å². The normalized spacial score (nSPS) is 16.4. The number of amides is 2. The number of likely N-dealkylation sites (tertiary alicyclic amines) is 1. The molecule has 2 amide bonds. The summed E-state index contributed by atoms with van der Waals surface area (Å²) in [7, 11) is 1.63. The number of carbonyl (C=O) groups is 2. The number of aryl methyl sites for hydroxylation is 1. The molecule has 2 aromatic rings. The van der Waals surface area contributed by atoms with Crippen LogP contribution in [0.3, 0.4) is 0 Å². The molecule has 5 nitrogen and oxygen atoms in total. The van der Waals surface area contributed by atoms with Crippen molar-refractivity contribution in [3.8, 4) is 5.75 Å². The molecule has 0 aromatic heterocycles. The van der Waals surface area contributed by atoms with Crippen molar-refractivity contribution in [1.29, 1.82) is 0 Å². The SMILES string of the molecule is COc1ccc(CN2C[C@H](C(=O)NCCc3ccc(C)cc3)CC2=O)cc1. The van der Waals surface area contributed by atoms with E-state index in [1.165, 1.54) is 11.1 Å². The number of hydrogen-bond acceptors (Lipinski definition) is 3. The van der Waals surface area contributed by atoms with Crippen LogP contribution in [0.15, 0.2) is 48.5 Å². The molecule has 0 radical (unpaired) electrons. The van der Waals surface area contributed by atoms with Crippen LogP contribution >= 0.6 is 0 Å². The molecule has 1 atom stereocenters. The third-order valence-corrected chi connectivity index (χ3v) is 4.95. The number of benzene rings is 2. The van der Waals surface area contributed by atoms with E-state index in [1.54, 1.807) is 12.0 Å². The summed E-state index contributed by atoms with van der Waals surface area (Å²) >= 11 is 0. The molecule has 1 N–H and O–H groups in total. The zero-order valence-electron chi connectivity index (χ0n) is 15.9. The first-order valence-electron chi connectivity index (χ1n) is 9.29. The molecule has 1 saturated heterocycles. The maximum absolute atomic E-state index is 12.4. The van der Waals surface area contributed by atoms with Crippen molar-refractivity contribution >= 4 is 11.8 Å². The minimum atomic E-state index is -0.270. The molecular weight excluding hydrogens is 340 g/mol. The summed E-state index contributed by atoms with van der Waals surface area (Å²) in [4.78, 5) is 26.4. The molecule has 1 aliphatic heterocycles. The first kappa shape index (κ1) is 19.0. The zero-order valence-corrected chi connectivity index (χ0v) is 15.9. The van der Waals surface area contributed by atoms with Gasteiger partial charge in [-0.05, 0) is 36.6 Å². The number of rotatable bonds is 7. The van der Waals surface area contributed by atoms with E-state index in [9.17, 15) is 9.59 Å². The Morgan fingerprint density at radius 2 is 1.78 bits per heavy atom. The lowest BCUT2D eigenvalue weighted by atomic mass is 10.1. The van der Waals surface area contributed by atoms with Crippen molar-refractivity contribution in [3.63, 3.8) is 0 Å². The quantitative estimate of drug-likeness (QED) is 0.820. The maximum atomic E-state index is 12.4. The van der Waals surface area contributed by atoms with Crippen LogP contribution in [0.2, 0.25) is 0 Å². The van der Waals surface area contributed by atoms with E-state index < -0.39 is 0 Å². The fourth-order valence-corrected chi connectivity index (χ4v) is 3.28. The predicted octanol–water partition coefficient (Wildman–Crippen LogP) is 2.71. The lowest BCUT2D eigenvalue weighted by molar-refractivity contribution is -0.129. The Morgan fingerprint density at radius 3 is 2.44 bits per heavy atom. The molecule has 0 aliphatic carbocycles. The molecule has 5 heteroatoms. The highest BCUT2D eigenvalue weighted by Gasteiger charge is 2.33. The molecule has 0 spiro atoms. The third kappa shape index (κ3) is 5.09. The Hall–Kier alpha value is -2.82. The van der Waals surface area contributed by atoms with Gasteiger partial charge in [-0.25, -0.2) is 0 Å². The standard InChI is InChI=1S/C22H26N2O3/c1-16-3-5-17(6-4-16)11-12-23-22(26)19-13-21(25)24(15-19)14-18-7-9-20(27-2)10-8-18/h3-10,19H,11-15H2,1-2H3,(H,23,26)/t19-/m1/s1. The summed E-state index contributed by atoms with van der Waals surface area (Å²) in [6.07, 6.45) is 1.08. The van der Waals surface area contributed by atoms with Crippen LogP contribution in [0, 0.1) is 12.8 Å². The van der Waals surface area contributed by atoms with Crippen molar-refractivity contribution in [2.45, 2.75) is 26.3 Å². The maximum Gasteiger partial charge on any atom is 0.225 e. The van der Waals surface area contributed by atoms with Crippen molar-refractivity contribution in [2.24, 2.45) is 5.92 Å². The molecular formula is C22H26N2O3. The second-order valence-corrected chi connectivity index (χ2v) is 7.05. The number of nitrogens with one attached hydrogen (secondary N) is 1. The molecule has 1 heterocycles. The minimum Gasteiger partial charge on any atom is -0.497 e. The third-order valence-electron chi connectivity index (χ3n) is 4.95. The van der Waals surface area contributed by atoms with Gasteiger partial charge in [0.15, 0.2) is 0 Å². The average molecular weight is 366 g/mol. The molecule has 0 unspecified atom stereocenters. The van der Waals surface area contributed by atoms with E-state index >= 15 is 0 Å². The lowest BCUT2D eigenvalue weighted by Crippen LogP contribution is -2.34. The summed E-state index contributed by atoms with van der Waals surface area (Å²) in [5.41, 5.74) is 3.46. The van der Waals surface area contributed by atoms with Gasteiger partial charge >= 0.3 is 0 Å². The first-order chi connectivity index (χ1) is 13.0. The highest BCUT2D eigenvalue weighted by atomic mass is 16.5. The van der Waals surface area contributed by atoms with Gasteiger partial charge in [0, 0.05) is 26.1 Å². The lowest BCUT2D eigenvalue weighted by Gasteiger charge is -2.17. The fraction of sp³-hybridized carbons (Fsp3) is 0.364. The molecule has 27 heavy (non-hydrogen) atoms. The van der Waals surface area contributed by atoms with E-state index in [2.05, 4.69) is 36.5 Å². The first-order valence-corrected chi connectivity index (χ1v) is 9.29. The average Bonchev–Trinajstić information content (AvgIpc) is 3.04. The van der Waals surface area contributed by atoms with E-state index in [0.29, 0.717) is 19.6 Å². The largest absolute Gasteiger partial charge is 0.497 e. The van der Waals surface area contributed by atoms with Crippen LogP contribution in [0.4, 0.5) is 0 Å². The fourth-order valence-electron chi connectivity index (χ4n) is 3.28. The van der Waals surface area contributed by atoms with E-state index in [0.717, 1.165) is 17.7 Å². The van der Waals surface area contributed by atoms with Gasteiger partial charge in [-0.15, -0.1) is 0 Å². The molecule has 0 bridgehead atoms. The number of nitrogens with zero attached hydrogens (tertiary/aromatic N) is 1. The van der Waals surface area contributed by atoms with Crippen LogP contribution in [0.1, 0.15) is 23.1 Å². The molecule has 142 valence electrons. The minimum absolute atomic E-state index is 0.0319. The van der Waals surface area contributed by atoms with Crippen molar-refractivity contribution in [1.82, 2.24) is 10.2 Å². The van der Waals surface area contributed by atoms with Gasteiger partial charge in [-0.1, -0.05) is 42.0 Å². The van der Waals surface area contributed by atoms with E-state index in [1.807, 2.05) is 24.3 Å². The monoisotopic (exact) mass is 366 g/mol. The zero-order chi connectivity index (χ0) is 19.2. The Bertz CT molecular complexity index is 784. The number of hydrogen-bond donors (Lipinski definition) is 1. The van der Waals surface area contributed by atoms with Crippen molar-refractivity contribution in [3.05, 3.63) is 65.2 Å². The van der Waals surface area contributed by atoms with Gasteiger partial charge < -0.3 is 15.0 Å². The molecule has 1 aliphatic rings. The van der Waals surface area contributed by atoms with Crippen LogP contribution in [0.25, 0.3) is 0 Å². The van der Waals surface area contributed by atoms with E-state index in [4.69, 9.17) is 4.74 Å². The summed E-state index contributed by atoms with van der Waals surface area (Å²) < 4.78 is 5.15. The van der Waals surface area contributed by atoms with Crippen LogP contribution in [0.5, 0.6) is 5.75 Å². The van der Waals surface area contributed by atoms with Gasteiger partial charge in [0.25, 0.3) is 0 Å². The highest BCUT2D eigenvalue weighted by Crippen LogP contribution is 2.21. The summed E-state index contributed by atoms with van der Waals surface area (Å²) in [5, 5.41) is 2.97. The molecule has 1 fully saturated rings. The molecule has 0 saturated carbocycles. The van der Waals surface area contributed by atoms with Crippen molar-refractivity contribution in [2.75, 3.05) is 20.2 Å². The van der Waals surface area contributed by atoms with Gasteiger partial charge in [0.1, 0.15) is 5.75 Å². The van der Waals surface area contributed by atoms with Crippen LogP contribution < -0.4 is 10.1 Å². The van der Waals surface area contributed by atoms with E-state index in [-0.39, 0.29) is 24.2 Å². The van der Waals surface area contributed by atoms with Gasteiger partial charge in [0.05, 0.1) is 13.0 Å². The Morgan fingerprint density at radius 1 is 1.11 bits per heavy atom. The summed E-state index contributed by atoms with van der Waals surface area (Å²) in [5.74, 6) is 0.517. The number of carbonyl (C=O) groups excluding carboxylic acids is 2. The molecule has 3 rings (SSSR count). The second-order valence-electron chi connectivity index (χ2n) is 7.05. The van der Waals surface area contributed by atoms with Gasteiger partial charge in [-0.2, -0.15) is 0 Å². The summed E-state index contributed by atoms with van der Waals surface area (Å²) in [6, 6.07) is 16.0. The van der Waals surface area contributed by atoms with Crippen LogP contribution in [-0.4, -0.2) is 36.9 Å². The Balaban J connectivity index is 1.47. The Labute approximate surface area is 160 Å².